The van der Waals surface area contributed by atoms with Crippen LogP contribution >= 0.6 is 11.3 Å². The van der Waals surface area contributed by atoms with Crippen LogP contribution in [0.25, 0.3) is 0 Å². The maximum Gasteiger partial charge on any atom is 0.256 e. The number of aromatic nitrogens is 2. The lowest BCUT2D eigenvalue weighted by Crippen LogP contribution is -2.38. The number of hydrogen-bond acceptors (Lipinski definition) is 5. The fourth-order valence-corrected chi connectivity index (χ4v) is 2.21. The van der Waals surface area contributed by atoms with Gasteiger partial charge in [-0.2, -0.15) is 0 Å². The lowest BCUT2D eigenvalue weighted by molar-refractivity contribution is 0.0935. The zero-order valence-electron chi connectivity index (χ0n) is 8.18. The van der Waals surface area contributed by atoms with Gasteiger partial charge in [-0.15, -0.1) is 11.3 Å². The molecule has 16 heavy (non-hydrogen) atoms. The van der Waals surface area contributed by atoms with Crippen LogP contribution in [-0.2, 0) is 0 Å². The van der Waals surface area contributed by atoms with Crippen LogP contribution in [0, 0.1) is 0 Å². The third kappa shape index (κ3) is 1.43. The predicted octanol–water partition coefficient (Wildman–Crippen LogP) is 1.39. The molecule has 5 nitrogen and oxygen atoms in total. The van der Waals surface area contributed by atoms with Crippen LogP contribution in [0.15, 0.2) is 30.0 Å². The lowest BCUT2D eigenvalue weighted by Gasteiger charge is -2.25. The van der Waals surface area contributed by atoms with Crippen LogP contribution in [-0.4, -0.2) is 15.9 Å². The maximum absolute atomic E-state index is 11.8. The Hall–Kier alpha value is -1.95. The minimum Gasteiger partial charge on any atom is -0.345 e. The molecule has 0 aliphatic carbocycles. The average molecular weight is 232 g/mol. The molecular weight excluding hydrogens is 224 g/mol. The van der Waals surface area contributed by atoms with Crippen LogP contribution in [0.2, 0.25) is 0 Å². The molecule has 80 valence electrons. The van der Waals surface area contributed by atoms with Crippen molar-refractivity contribution in [1.82, 2.24) is 15.3 Å². The van der Waals surface area contributed by atoms with E-state index in [2.05, 4.69) is 20.6 Å². The van der Waals surface area contributed by atoms with E-state index in [1.807, 2.05) is 0 Å². The minimum atomic E-state index is -0.234. The Morgan fingerprint density at radius 2 is 2.31 bits per heavy atom. The fourth-order valence-electron chi connectivity index (χ4n) is 1.60. The highest BCUT2D eigenvalue weighted by Gasteiger charge is 2.25. The number of rotatable bonds is 1. The Balaban J connectivity index is 1.98. The highest BCUT2D eigenvalue weighted by atomic mass is 32.1. The Labute approximate surface area is 95.6 Å². The van der Waals surface area contributed by atoms with E-state index >= 15 is 0 Å². The Morgan fingerprint density at radius 1 is 1.38 bits per heavy atom. The summed E-state index contributed by atoms with van der Waals surface area (Å²) >= 11 is 1.49. The van der Waals surface area contributed by atoms with Crippen LogP contribution in [0.4, 0.5) is 5.82 Å². The van der Waals surface area contributed by atoms with Gasteiger partial charge in [0.25, 0.3) is 5.91 Å². The van der Waals surface area contributed by atoms with Crippen molar-refractivity contribution in [1.29, 1.82) is 0 Å². The molecule has 1 atom stereocenters. The number of carbonyl (C=O) groups is 1. The molecular formula is C10H8N4OS. The molecule has 0 aromatic carbocycles. The van der Waals surface area contributed by atoms with E-state index in [0.29, 0.717) is 11.4 Å². The monoisotopic (exact) mass is 232 g/mol. The quantitative estimate of drug-likeness (QED) is 0.779. The maximum atomic E-state index is 11.8. The molecule has 0 spiro atoms. The van der Waals surface area contributed by atoms with Crippen molar-refractivity contribution < 1.29 is 4.79 Å². The summed E-state index contributed by atoms with van der Waals surface area (Å²) in [5.41, 5.74) is 2.31. The average Bonchev–Trinajstić information content (AvgIpc) is 2.82. The smallest absolute Gasteiger partial charge is 0.256 e. The van der Waals surface area contributed by atoms with Gasteiger partial charge in [0.2, 0.25) is 0 Å². The highest BCUT2D eigenvalue weighted by Crippen LogP contribution is 2.25. The van der Waals surface area contributed by atoms with Gasteiger partial charge < -0.3 is 10.6 Å². The summed E-state index contributed by atoms with van der Waals surface area (Å²) in [6.07, 6.45) is 3.16. The molecule has 2 N–H and O–H groups in total. The van der Waals surface area contributed by atoms with Crippen LogP contribution in [0.3, 0.4) is 0 Å². The molecule has 0 saturated heterocycles. The number of nitrogens with zero attached hydrogens (tertiary/aromatic N) is 2. The summed E-state index contributed by atoms with van der Waals surface area (Å²) < 4.78 is 0. The highest BCUT2D eigenvalue weighted by molar-refractivity contribution is 7.09. The minimum absolute atomic E-state index is 0.111. The van der Waals surface area contributed by atoms with Gasteiger partial charge in [0.05, 0.1) is 16.0 Å². The van der Waals surface area contributed by atoms with Gasteiger partial charge in [0.1, 0.15) is 12.0 Å². The summed E-state index contributed by atoms with van der Waals surface area (Å²) in [6.45, 7) is 0. The molecule has 2 aromatic rings. The summed E-state index contributed by atoms with van der Waals surface area (Å²) in [5, 5.41) is 6.01. The first kappa shape index (κ1) is 9.29. The number of amides is 1. The number of fused-ring (bicyclic) bond motifs is 1. The number of pyridine rings is 1. The summed E-state index contributed by atoms with van der Waals surface area (Å²) in [5.74, 6) is 0.505. The number of thiazole rings is 1. The van der Waals surface area contributed by atoms with E-state index < -0.39 is 0 Å². The number of nitrogens with one attached hydrogen (secondary N) is 2. The predicted molar refractivity (Wildman–Crippen MR) is 60.2 cm³/mol. The number of carbonyl (C=O) groups excluding carboxylic acids is 1. The topological polar surface area (TPSA) is 66.9 Å². The van der Waals surface area contributed by atoms with Crippen molar-refractivity contribution in [3.8, 4) is 0 Å². The molecule has 1 aliphatic heterocycles. The van der Waals surface area contributed by atoms with E-state index in [4.69, 9.17) is 0 Å². The summed E-state index contributed by atoms with van der Waals surface area (Å²) in [4.78, 5) is 20.9. The van der Waals surface area contributed by atoms with Crippen molar-refractivity contribution in [2.75, 3.05) is 5.32 Å². The van der Waals surface area contributed by atoms with E-state index in [9.17, 15) is 4.79 Å². The van der Waals surface area contributed by atoms with Crippen LogP contribution < -0.4 is 10.6 Å². The van der Waals surface area contributed by atoms with Crippen molar-refractivity contribution >= 4 is 23.1 Å². The SMILES string of the molecule is O=C1N[C@H](c2cncs2)Nc2ncccc21. The second-order valence-corrected chi connectivity index (χ2v) is 4.27. The van der Waals surface area contributed by atoms with Gasteiger partial charge in [-0.05, 0) is 12.1 Å². The van der Waals surface area contributed by atoms with E-state index in [0.717, 1.165) is 4.88 Å². The standard InChI is InChI=1S/C10H8N4OS/c15-10-6-2-1-3-12-8(6)13-9(14-10)7-4-11-5-16-7/h1-5,9H,(H,12,13)(H,14,15)/t9-/m1/s1. The third-order valence-corrected chi connectivity index (χ3v) is 3.19. The molecule has 3 heterocycles. The van der Waals surface area contributed by atoms with Crippen LogP contribution in [0.1, 0.15) is 21.4 Å². The van der Waals surface area contributed by atoms with Crippen molar-refractivity contribution in [3.63, 3.8) is 0 Å². The van der Waals surface area contributed by atoms with E-state index in [1.54, 1.807) is 30.0 Å². The molecule has 0 saturated carbocycles. The fraction of sp³-hybridized carbons (Fsp3) is 0.100. The molecule has 0 bridgehead atoms. The Kier molecular flexibility index (Phi) is 2.07. The first-order chi connectivity index (χ1) is 7.84. The molecule has 0 unspecified atom stereocenters. The molecule has 3 rings (SSSR count). The van der Waals surface area contributed by atoms with E-state index in [-0.39, 0.29) is 12.1 Å². The molecule has 0 fully saturated rings. The molecule has 0 radical (unpaired) electrons. The van der Waals surface area contributed by atoms with Gasteiger partial charge in [-0.25, -0.2) is 4.98 Å². The number of hydrogen-bond donors (Lipinski definition) is 2. The van der Waals surface area contributed by atoms with Crippen molar-refractivity contribution in [2.24, 2.45) is 0 Å². The second-order valence-electron chi connectivity index (χ2n) is 3.35. The first-order valence-corrected chi connectivity index (χ1v) is 5.63. The van der Waals surface area contributed by atoms with Gasteiger partial charge in [-0.1, -0.05) is 0 Å². The molecule has 1 amide bonds. The second kappa shape index (κ2) is 3.57. The normalized spacial score (nSPS) is 18.5. The first-order valence-electron chi connectivity index (χ1n) is 4.75. The molecule has 1 aliphatic rings. The zero-order chi connectivity index (χ0) is 11.0. The third-order valence-electron chi connectivity index (χ3n) is 2.34. The summed E-state index contributed by atoms with van der Waals surface area (Å²) in [6, 6.07) is 3.49. The number of anilines is 1. The lowest BCUT2D eigenvalue weighted by atomic mass is 10.2. The molecule has 2 aromatic heterocycles. The van der Waals surface area contributed by atoms with Crippen molar-refractivity contribution in [2.45, 2.75) is 6.17 Å². The molecule has 6 heteroatoms. The van der Waals surface area contributed by atoms with Gasteiger partial charge in [-0.3, -0.25) is 9.78 Å². The zero-order valence-corrected chi connectivity index (χ0v) is 8.99. The summed E-state index contributed by atoms with van der Waals surface area (Å²) in [7, 11) is 0. The van der Waals surface area contributed by atoms with E-state index in [1.165, 1.54) is 11.3 Å². The van der Waals surface area contributed by atoms with Gasteiger partial charge >= 0.3 is 0 Å². The van der Waals surface area contributed by atoms with Crippen LogP contribution in [0.5, 0.6) is 0 Å². The van der Waals surface area contributed by atoms with Gasteiger partial charge in [0, 0.05) is 12.4 Å². The Bertz CT molecular complexity index is 525. The van der Waals surface area contributed by atoms with Crippen molar-refractivity contribution in [3.05, 3.63) is 40.5 Å². The largest absolute Gasteiger partial charge is 0.345 e. The van der Waals surface area contributed by atoms with Gasteiger partial charge in [0.15, 0.2) is 0 Å². The Morgan fingerprint density at radius 3 is 3.12 bits per heavy atom.